The van der Waals surface area contributed by atoms with Gasteiger partial charge in [-0.2, -0.15) is 0 Å². The van der Waals surface area contributed by atoms with Gasteiger partial charge in [-0.1, -0.05) is 36.4 Å². The predicted molar refractivity (Wildman–Crippen MR) is 93.3 cm³/mol. The molecule has 0 bridgehead atoms. The molecule has 2 N–H and O–H groups in total. The number of benzene rings is 2. The Morgan fingerprint density at radius 2 is 1.87 bits per heavy atom. The zero-order chi connectivity index (χ0) is 16.4. The summed E-state index contributed by atoms with van der Waals surface area (Å²) in [6.45, 7) is 4.41. The second-order valence-electron chi connectivity index (χ2n) is 6.26. The standard InChI is InChI=1S/C19H23N3O/c1-14-8-9-16(20)12-17(14)19(23)22-11-10-21(2)13-18(22)15-6-4-3-5-7-15/h3-9,12,18H,10-11,13,20H2,1-2H3. The second-order valence-corrected chi connectivity index (χ2v) is 6.26. The van der Waals surface area contributed by atoms with Crippen LogP contribution in [0.5, 0.6) is 0 Å². The van der Waals surface area contributed by atoms with Crippen LogP contribution in [0.1, 0.15) is 27.5 Å². The summed E-state index contributed by atoms with van der Waals surface area (Å²) in [5, 5.41) is 0. The summed E-state index contributed by atoms with van der Waals surface area (Å²) in [7, 11) is 2.10. The molecular weight excluding hydrogens is 286 g/mol. The van der Waals surface area contributed by atoms with Gasteiger partial charge in [-0.25, -0.2) is 0 Å². The summed E-state index contributed by atoms with van der Waals surface area (Å²) in [5.41, 5.74) is 9.36. The van der Waals surface area contributed by atoms with E-state index in [0.29, 0.717) is 11.3 Å². The fraction of sp³-hybridized carbons (Fsp3) is 0.316. The van der Waals surface area contributed by atoms with Crippen LogP contribution >= 0.6 is 0 Å². The second kappa shape index (κ2) is 6.42. The maximum atomic E-state index is 13.1. The summed E-state index contributed by atoms with van der Waals surface area (Å²) in [4.78, 5) is 17.4. The van der Waals surface area contributed by atoms with E-state index in [1.54, 1.807) is 6.07 Å². The topological polar surface area (TPSA) is 49.6 Å². The zero-order valence-corrected chi connectivity index (χ0v) is 13.7. The van der Waals surface area contributed by atoms with Crippen molar-refractivity contribution >= 4 is 11.6 Å². The molecule has 0 saturated carbocycles. The minimum Gasteiger partial charge on any atom is -0.399 e. The van der Waals surface area contributed by atoms with Crippen molar-refractivity contribution in [2.24, 2.45) is 0 Å². The van der Waals surface area contributed by atoms with Gasteiger partial charge < -0.3 is 15.5 Å². The van der Waals surface area contributed by atoms with Crippen LogP contribution in [0.4, 0.5) is 5.69 Å². The Kier molecular flexibility index (Phi) is 4.35. The van der Waals surface area contributed by atoms with Gasteiger partial charge in [-0.3, -0.25) is 4.79 Å². The summed E-state index contributed by atoms with van der Waals surface area (Å²) < 4.78 is 0. The molecule has 0 aliphatic carbocycles. The first-order valence-corrected chi connectivity index (χ1v) is 7.97. The molecule has 4 heteroatoms. The number of aryl methyl sites for hydroxylation is 1. The van der Waals surface area contributed by atoms with Gasteiger partial charge in [0.2, 0.25) is 0 Å². The van der Waals surface area contributed by atoms with Crippen LogP contribution in [0.3, 0.4) is 0 Å². The monoisotopic (exact) mass is 309 g/mol. The number of hydrogen-bond donors (Lipinski definition) is 1. The minimum absolute atomic E-state index is 0.0664. The molecule has 0 spiro atoms. The Balaban J connectivity index is 1.95. The number of nitrogen functional groups attached to an aromatic ring is 1. The molecule has 0 radical (unpaired) electrons. The van der Waals surface area contributed by atoms with Gasteiger partial charge in [0, 0.05) is 30.9 Å². The first kappa shape index (κ1) is 15.6. The van der Waals surface area contributed by atoms with E-state index in [9.17, 15) is 4.79 Å². The van der Waals surface area contributed by atoms with Crippen molar-refractivity contribution in [3.63, 3.8) is 0 Å². The van der Waals surface area contributed by atoms with E-state index in [2.05, 4.69) is 24.1 Å². The molecule has 0 aromatic heterocycles. The Bertz CT molecular complexity index is 699. The third-order valence-corrected chi connectivity index (χ3v) is 4.52. The van der Waals surface area contributed by atoms with E-state index >= 15 is 0 Å². The lowest BCUT2D eigenvalue weighted by Gasteiger charge is -2.40. The highest BCUT2D eigenvalue weighted by molar-refractivity contribution is 5.96. The van der Waals surface area contributed by atoms with Crippen molar-refractivity contribution in [1.29, 1.82) is 0 Å². The number of nitrogens with two attached hydrogens (primary N) is 1. The molecule has 1 aliphatic heterocycles. The van der Waals surface area contributed by atoms with Crippen LogP contribution in [-0.4, -0.2) is 42.4 Å². The molecule has 2 aromatic rings. The van der Waals surface area contributed by atoms with E-state index < -0.39 is 0 Å². The van der Waals surface area contributed by atoms with Crippen LogP contribution in [0.15, 0.2) is 48.5 Å². The average Bonchev–Trinajstić information content (AvgIpc) is 2.57. The average molecular weight is 309 g/mol. The number of carbonyl (C=O) groups excluding carboxylic acids is 1. The normalized spacial score (nSPS) is 18.9. The van der Waals surface area contributed by atoms with Crippen molar-refractivity contribution in [3.8, 4) is 0 Å². The number of likely N-dealkylation sites (N-methyl/N-ethyl adjacent to an activating group) is 1. The summed E-state index contributed by atoms with van der Waals surface area (Å²) in [6, 6.07) is 15.9. The molecule has 1 heterocycles. The summed E-state index contributed by atoms with van der Waals surface area (Å²) in [5.74, 6) is 0.0664. The maximum absolute atomic E-state index is 13.1. The highest BCUT2D eigenvalue weighted by Gasteiger charge is 2.31. The molecule has 1 saturated heterocycles. The van der Waals surface area contributed by atoms with Crippen molar-refractivity contribution in [2.75, 3.05) is 32.4 Å². The number of anilines is 1. The summed E-state index contributed by atoms with van der Waals surface area (Å²) >= 11 is 0. The highest BCUT2D eigenvalue weighted by atomic mass is 16.2. The van der Waals surface area contributed by atoms with Gasteiger partial charge in [0.25, 0.3) is 5.91 Å². The van der Waals surface area contributed by atoms with Crippen LogP contribution in [0.2, 0.25) is 0 Å². The predicted octanol–water partition coefficient (Wildman–Crippen LogP) is 2.71. The van der Waals surface area contributed by atoms with Gasteiger partial charge in [0.05, 0.1) is 6.04 Å². The third kappa shape index (κ3) is 3.22. The first-order valence-electron chi connectivity index (χ1n) is 7.97. The molecule has 4 nitrogen and oxygen atoms in total. The smallest absolute Gasteiger partial charge is 0.254 e. The van der Waals surface area contributed by atoms with Gasteiger partial charge in [0.1, 0.15) is 0 Å². The Labute approximate surface area is 137 Å². The number of piperazine rings is 1. The molecule has 1 amide bonds. The first-order chi connectivity index (χ1) is 11.1. The molecule has 3 rings (SSSR count). The van der Waals surface area contributed by atoms with Gasteiger partial charge >= 0.3 is 0 Å². The molecule has 1 aliphatic rings. The van der Waals surface area contributed by atoms with E-state index in [0.717, 1.165) is 25.2 Å². The molecular formula is C19H23N3O. The number of nitrogens with zero attached hydrogens (tertiary/aromatic N) is 2. The molecule has 2 aromatic carbocycles. The molecule has 1 unspecified atom stereocenters. The van der Waals surface area contributed by atoms with E-state index in [4.69, 9.17) is 5.73 Å². The Morgan fingerprint density at radius 3 is 2.61 bits per heavy atom. The van der Waals surface area contributed by atoms with E-state index in [1.807, 2.05) is 42.2 Å². The lowest BCUT2D eigenvalue weighted by molar-refractivity contribution is 0.0497. The van der Waals surface area contributed by atoms with Crippen LogP contribution in [0.25, 0.3) is 0 Å². The maximum Gasteiger partial charge on any atom is 0.254 e. The van der Waals surface area contributed by atoms with Gasteiger partial charge in [0.15, 0.2) is 0 Å². The number of carbonyl (C=O) groups is 1. The van der Waals surface area contributed by atoms with E-state index in [1.165, 1.54) is 5.56 Å². The fourth-order valence-corrected chi connectivity index (χ4v) is 3.15. The molecule has 23 heavy (non-hydrogen) atoms. The third-order valence-electron chi connectivity index (χ3n) is 4.52. The minimum atomic E-state index is 0.0664. The van der Waals surface area contributed by atoms with Crippen LogP contribution in [-0.2, 0) is 0 Å². The number of hydrogen-bond acceptors (Lipinski definition) is 3. The zero-order valence-electron chi connectivity index (χ0n) is 13.7. The van der Waals surface area contributed by atoms with Crippen LogP contribution in [0, 0.1) is 6.92 Å². The highest BCUT2D eigenvalue weighted by Crippen LogP contribution is 2.27. The largest absolute Gasteiger partial charge is 0.399 e. The lowest BCUT2D eigenvalue weighted by Crippen LogP contribution is -2.49. The lowest BCUT2D eigenvalue weighted by atomic mass is 9.99. The van der Waals surface area contributed by atoms with Crippen molar-refractivity contribution < 1.29 is 4.79 Å². The van der Waals surface area contributed by atoms with Crippen molar-refractivity contribution in [3.05, 3.63) is 65.2 Å². The van der Waals surface area contributed by atoms with Gasteiger partial charge in [-0.05, 0) is 37.2 Å². The van der Waals surface area contributed by atoms with Crippen molar-refractivity contribution in [1.82, 2.24) is 9.80 Å². The molecule has 1 atom stereocenters. The quantitative estimate of drug-likeness (QED) is 0.868. The fourth-order valence-electron chi connectivity index (χ4n) is 3.15. The SMILES string of the molecule is Cc1ccc(N)cc1C(=O)N1CCN(C)CC1c1ccccc1. The van der Waals surface area contributed by atoms with Crippen LogP contribution < -0.4 is 5.73 Å². The molecule has 120 valence electrons. The van der Waals surface area contributed by atoms with Gasteiger partial charge in [-0.15, -0.1) is 0 Å². The van der Waals surface area contributed by atoms with E-state index in [-0.39, 0.29) is 11.9 Å². The van der Waals surface area contributed by atoms with Crippen molar-refractivity contribution in [2.45, 2.75) is 13.0 Å². The Hall–Kier alpha value is -2.33. The summed E-state index contributed by atoms with van der Waals surface area (Å²) in [6.07, 6.45) is 0. The molecule has 1 fully saturated rings. The number of amides is 1. The Morgan fingerprint density at radius 1 is 1.13 bits per heavy atom. The number of rotatable bonds is 2.